The van der Waals surface area contributed by atoms with Crippen molar-refractivity contribution in [2.45, 2.75) is 19.4 Å². The molecule has 0 fully saturated rings. The Labute approximate surface area is 168 Å². The van der Waals surface area contributed by atoms with Gasteiger partial charge in [-0.05, 0) is 61.9 Å². The third kappa shape index (κ3) is 4.40. The zero-order chi connectivity index (χ0) is 21.2. The van der Waals surface area contributed by atoms with Crippen LogP contribution in [0.3, 0.4) is 0 Å². The highest BCUT2D eigenvalue weighted by atomic mass is 16.5. The molecule has 4 N–H and O–H groups in total. The predicted octanol–water partition coefficient (Wildman–Crippen LogP) is 3.97. The van der Waals surface area contributed by atoms with E-state index >= 15 is 0 Å². The number of nitrogens with one attached hydrogen (secondary N) is 1. The minimum Gasteiger partial charge on any atom is -0.507 e. The number of urea groups is 1. The number of ether oxygens (including phenoxy) is 2. The summed E-state index contributed by atoms with van der Waals surface area (Å²) in [5, 5.41) is 12.6. The van der Waals surface area contributed by atoms with Crippen LogP contribution in [-0.4, -0.2) is 29.6 Å². The van der Waals surface area contributed by atoms with Gasteiger partial charge in [0.05, 0.1) is 23.9 Å². The number of carbonyl (C=O) groups excluding carboxylic acids is 2. The van der Waals surface area contributed by atoms with Crippen LogP contribution in [0.25, 0.3) is 12.2 Å². The van der Waals surface area contributed by atoms with Crippen LogP contribution >= 0.6 is 0 Å². The molecule has 0 bridgehead atoms. The molecule has 2 aromatic carbocycles. The number of nitrogens with two attached hydrogens (primary N) is 1. The fraction of sp³-hybridized carbons (Fsp3) is 0.182. The number of methoxy groups -OCH3 is 1. The maximum absolute atomic E-state index is 12.8. The molecule has 7 nitrogen and oxygen atoms in total. The van der Waals surface area contributed by atoms with Crippen molar-refractivity contribution in [1.82, 2.24) is 0 Å². The van der Waals surface area contributed by atoms with Gasteiger partial charge < -0.3 is 25.6 Å². The zero-order valence-corrected chi connectivity index (χ0v) is 16.4. The van der Waals surface area contributed by atoms with E-state index < -0.39 is 11.6 Å². The maximum Gasteiger partial charge on any atom is 0.316 e. The second kappa shape index (κ2) is 7.71. The highest BCUT2D eigenvalue weighted by molar-refractivity contribution is 6.09. The van der Waals surface area contributed by atoms with E-state index in [1.54, 1.807) is 30.4 Å². The van der Waals surface area contributed by atoms with Crippen LogP contribution in [0, 0.1) is 0 Å². The largest absolute Gasteiger partial charge is 0.507 e. The molecule has 0 atom stereocenters. The number of hydrogen-bond donors (Lipinski definition) is 3. The molecule has 150 valence electrons. The fourth-order valence-electron chi connectivity index (χ4n) is 2.96. The molecule has 7 heteroatoms. The van der Waals surface area contributed by atoms with Crippen LogP contribution in [-0.2, 0) is 0 Å². The monoisotopic (exact) mass is 394 g/mol. The summed E-state index contributed by atoms with van der Waals surface area (Å²) >= 11 is 0. The average molecular weight is 394 g/mol. The molecule has 1 aliphatic heterocycles. The number of fused-ring (bicyclic) bond motifs is 1. The molecule has 0 unspecified atom stereocenters. The summed E-state index contributed by atoms with van der Waals surface area (Å²) in [6.07, 6.45) is 6.58. The fourth-order valence-corrected chi connectivity index (χ4v) is 2.96. The normalized spacial score (nSPS) is 14.2. The Morgan fingerprint density at radius 3 is 2.69 bits per heavy atom. The van der Waals surface area contributed by atoms with Crippen LogP contribution in [0.1, 0.15) is 35.3 Å². The first-order chi connectivity index (χ1) is 13.7. The molecule has 2 aromatic rings. The lowest BCUT2D eigenvalue weighted by atomic mass is 9.97. The summed E-state index contributed by atoms with van der Waals surface area (Å²) in [5.74, 6) is 0.553. The van der Waals surface area contributed by atoms with E-state index in [-0.39, 0.29) is 11.5 Å². The Morgan fingerprint density at radius 1 is 1.24 bits per heavy atom. The van der Waals surface area contributed by atoms with Gasteiger partial charge in [-0.15, -0.1) is 0 Å². The van der Waals surface area contributed by atoms with Gasteiger partial charge in [-0.3, -0.25) is 4.79 Å². The highest BCUT2D eigenvalue weighted by Gasteiger charge is 2.27. The van der Waals surface area contributed by atoms with Gasteiger partial charge >= 0.3 is 6.03 Å². The van der Waals surface area contributed by atoms with Gasteiger partial charge in [0.1, 0.15) is 22.8 Å². The van der Waals surface area contributed by atoms with Crippen LogP contribution in [0.15, 0.2) is 42.5 Å². The van der Waals surface area contributed by atoms with Crippen LogP contribution < -0.4 is 20.5 Å². The van der Waals surface area contributed by atoms with E-state index in [0.717, 1.165) is 0 Å². The molecule has 0 aliphatic carbocycles. The van der Waals surface area contributed by atoms with Gasteiger partial charge in [0, 0.05) is 0 Å². The number of phenols is 1. The number of carbonyl (C=O) groups is 2. The van der Waals surface area contributed by atoms with Crippen molar-refractivity contribution in [3.8, 4) is 17.2 Å². The number of benzene rings is 2. The summed E-state index contributed by atoms with van der Waals surface area (Å²) in [7, 11) is 1.48. The van der Waals surface area contributed by atoms with E-state index in [1.807, 2.05) is 19.9 Å². The number of allylic oxidation sites excluding steroid dienone is 1. The minimum absolute atomic E-state index is 0.0459. The SMILES string of the molecule is COc1ccc(/C=C/C(=O)c2ccc(O)c3c2OC(C)(C)C=C3)cc1NC(N)=O. The number of primary amides is 1. The maximum atomic E-state index is 12.8. The second-order valence-electron chi connectivity index (χ2n) is 7.06. The number of amides is 2. The van der Waals surface area contributed by atoms with E-state index in [0.29, 0.717) is 33.9 Å². The van der Waals surface area contributed by atoms with Gasteiger partial charge in [0.15, 0.2) is 5.78 Å². The number of aromatic hydroxyl groups is 1. The lowest BCUT2D eigenvalue weighted by Crippen LogP contribution is -2.28. The summed E-state index contributed by atoms with van der Waals surface area (Å²) in [4.78, 5) is 24.0. The van der Waals surface area contributed by atoms with Gasteiger partial charge in [0.2, 0.25) is 0 Å². The first-order valence-electron chi connectivity index (χ1n) is 8.91. The van der Waals surface area contributed by atoms with Crippen LogP contribution in [0.5, 0.6) is 17.2 Å². The summed E-state index contributed by atoms with van der Waals surface area (Å²) in [5.41, 5.74) is 6.46. The third-order valence-electron chi connectivity index (χ3n) is 4.36. The quantitative estimate of drug-likeness (QED) is 0.525. The van der Waals surface area contributed by atoms with Crippen molar-refractivity contribution < 1.29 is 24.2 Å². The van der Waals surface area contributed by atoms with Crippen molar-refractivity contribution >= 4 is 29.7 Å². The van der Waals surface area contributed by atoms with Crippen LogP contribution in [0.4, 0.5) is 10.5 Å². The van der Waals surface area contributed by atoms with E-state index in [1.165, 1.54) is 25.3 Å². The van der Waals surface area contributed by atoms with Gasteiger partial charge in [0.25, 0.3) is 0 Å². The Balaban J connectivity index is 1.91. The molecular weight excluding hydrogens is 372 g/mol. The highest BCUT2D eigenvalue weighted by Crippen LogP contribution is 2.39. The molecule has 3 rings (SSSR count). The molecule has 1 aliphatic rings. The number of hydrogen-bond acceptors (Lipinski definition) is 5. The summed E-state index contributed by atoms with van der Waals surface area (Å²) in [6, 6.07) is 7.32. The molecule has 0 saturated carbocycles. The number of anilines is 1. The van der Waals surface area contributed by atoms with Crippen molar-refractivity contribution in [3.63, 3.8) is 0 Å². The second-order valence-corrected chi connectivity index (χ2v) is 7.06. The number of ketones is 1. The molecule has 0 spiro atoms. The Hall–Kier alpha value is -3.74. The van der Waals surface area contributed by atoms with Crippen molar-refractivity contribution in [1.29, 1.82) is 0 Å². The molecule has 29 heavy (non-hydrogen) atoms. The summed E-state index contributed by atoms with van der Waals surface area (Å²) < 4.78 is 11.1. The van der Waals surface area contributed by atoms with Gasteiger partial charge in [-0.25, -0.2) is 4.79 Å². The smallest absolute Gasteiger partial charge is 0.316 e. The van der Waals surface area contributed by atoms with E-state index in [9.17, 15) is 14.7 Å². The zero-order valence-electron chi connectivity index (χ0n) is 16.4. The molecule has 0 radical (unpaired) electrons. The first-order valence-corrected chi connectivity index (χ1v) is 8.91. The topological polar surface area (TPSA) is 111 Å². The number of phenolic OH excluding ortho intramolecular Hbond substituents is 1. The van der Waals surface area contributed by atoms with E-state index in [2.05, 4.69) is 5.32 Å². The Morgan fingerprint density at radius 2 is 2.00 bits per heavy atom. The molecule has 2 amide bonds. The van der Waals surface area contributed by atoms with Gasteiger partial charge in [-0.1, -0.05) is 12.1 Å². The third-order valence-corrected chi connectivity index (χ3v) is 4.36. The first kappa shape index (κ1) is 20.0. The van der Waals surface area contributed by atoms with E-state index in [4.69, 9.17) is 15.2 Å². The lowest BCUT2D eigenvalue weighted by molar-refractivity contribution is 0.103. The molecule has 0 saturated heterocycles. The number of rotatable bonds is 5. The standard InChI is InChI=1S/C22H22N2O5/c1-22(2)11-10-15-18(26)8-6-14(20(15)29-22)17(25)7-4-13-5-9-19(28-3)16(12-13)24-21(23)27/h4-12,26H,1-3H3,(H3,23,24,27)/b7-4+. The predicted molar refractivity (Wildman–Crippen MR) is 111 cm³/mol. The minimum atomic E-state index is -0.718. The van der Waals surface area contributed by atoms with Gasteiger partial charge in [-0.2, -0.15) is 0 Å². The molecular formula is C22H22N2O5. The van der Waals surface area contributed by atoms with Crippen LogP contribution in [0.2, 0.25) is 0 Å². The van der Waals surface area contributed by atoms with Crippen molar-refractivity contribution in [3.05, 3.63) is 59.2 Å². The van der Waals surface area contributed by atoms with Crippen molar-refractivity contribution in [2.75, 3.05) is 12.4 Å². The lowest BCUT2D eigenvalue weighted by Gasteiger charge is -2.29. The summed E-state index contributed by atoms with van der Waals surface area (Å²) in [6.45, 7) is 3.73. The Bertz CT molecular complexity index is 1040. The molecule has 0 aromatic heterocycles. The van der Waals surface area contributed by atoms with Crippen molar-refractivity contribution in [2.24, 2.45) is 5.73 Å². The molecule has 1 heterocycles. The Kier molecular flexibility index (Phi) is 5.32. The average Bonchev–Trinajstić information content (AvgIpc) is 2.65.